The van der Waals surface area contributed by atoms with Crippen LogP contribution in [0.2, 0.25) is 0 Å². The molecule has 0 unspecified atom stereocenters. The van der Waals surface area contributed by atoms with Gasteiger partial charge >= 0.3 is 6.18 Å². The van der Waals surface area contributed by atoms with Gasteiger partial charge in [0, 0.05) is 11.9 Å². The fourth-order valence-corrected chi connectivity index (χ4v) is 2.68. The van der Waals surface area contributed by atoms with Crippen molar-refractivity contribution in [1.82, 2.24) is 9.71 Å². The molecule has 0 bridgehead atoms. The van der Waals surface area contributed by atoms with Gasteiger partial charge in [-0.05, 0) is 36.4 Å². The summed E-state index contributed by atoms with van der Waals surface area (Å²) >= 11 is 0. The third kappa shape index (κ3) is 5.03. The standard InChI is InChI=1S/C14H12F3N3O3S/c15-14(16,17)9-19-24(22,23)11-6-4-10(5-7-11)20-13(21)12-3-1-2-8-18-12/h1-8,19H,9H2,(H,20,21). The van der Waals surface area contributed by atoms with Crippen LogP contribution in [0, 0.1) is 0 Å². The predicted molar refractivity (Wildman–Crippen MR) is 79.9 cm³/mol. The van der Waals surface area contributed by atoms with Crippen LogP contribution in [0.3, 0.4) is 0 Å². The van der Waals surface area contributed by atoms with Gasteiger partial charge in [-0.1, -0.05) is 6.07 Å². The van der Waals surface area contributed by atoms with Crippen molar-refractivity contribution < 1.29 is 26.4 Å². The zero-order valence-electron chi connectivity index (χ0n) is 12.0. The number of pyridine rings is 1. The van der Waals surface area contributed by atoms with Gasteiger partial charge in [0.05, 0.1) is 4.90 Å². The number of carbonyl (C=O) groups is 1. The number of anilines is 1. The number of aromatic nitrogens is 1. The topological polar surface area (TPSA) is 88.2 Å². The molecule has 1 heterocycles. The molecule has 0 saturated heterocycles. The van der Waals surface area contributed by atoms with Crippen LogP contribution in [0.1, 0.15) is 10.5 Å². The molecule has 1 aromatic heterocycles. The Morgan fingerprint density at radius 1 is 1.08 bits per heavy atom. The second-order valence-corrected chi connectivity index (χ2v) is 6.40. The molecule has 0 saturated carbocycles. The number of alkyl halides is 3. The molecule has 10 heteroatoms. The van der Waals surface area contributed by atoms with Gasteiger partial charge in [-0.15, -0.1) is 0 Å². The molecule has 128 valence electrons. The molecule has 2 rings (SSSR count). The first kappa shape index (κ1) is 17.9. The summed E-state index contributed by atoms with van der Waals surface area (Å²) in [6, 6.07) is 9.48. The van der Waals surface area contributed by atoms with E-state index in [1.807, 2.05) is 0 Å². The Kier molecular flexibility index (Phi) is 5.20. The molecule has 2 N–H and O–H groups in total. The largest absolute Gasteiger partial charge is 0.402 e. The highest BCUT2D eigenvalue weighted by molar-refractivity contribution is 7.89. The van der Waals surface area contributed by atoms with Crippen LogP contribution in [0.5, 0.6) is 0 Å². The molecule has 2 aromatic rings. The van der Waals surface area contributed by atoms with Crippen LogP contribution >= 0.6 is 0 Å². The first-order valence-corrected chi connectivity index (χ1v) is 8.04. The average Bonchev–Trinajstić information content (AvgIpc) is 2.54. The van der Waals surface area contributed by atoms with Crippen LogP contribution in [-0.4, -0.2) is 32.0 Å². The van der Waals surface area contributed by atoms with E-state index in [-0.39, 0.29) is 16.3 Å². The Labute approximate surface area is 135 Å². The van der Waals surface area contributed by atoms with Gasteiger partial charge in [0.1, 0.15) is 12.2 Å². The smallest absolute Gasteiger partial charge is 0.321 e. The van der Waals surface area contributed by atoms with E-state index >= 15 is 0 Å². The van der Waals surface area contributed by atoms with E-state index in [1.54, 1.807) is 12.1 Å². The molecule has 1 amide bonds. The maximum atomic E-state index is 12.1. The number of rotatable bonds is 5. The molecule has 0 atom stereocenters. The number of amides is 1. The van der Waals surface area contributed by atoms with Crippen molar-refractivity contribution in [2.75, 3.05) is 11.9 Å². The summed E-state index contributed by atoms with van der Waals surface area (Å²) in [6.07, 6.45) is -3.21. The molecular weight excluding hydrogens is 347 g/mol. The molecular formula is C14H12F3N3O3S. The number of nitrogens with zero attached hydrogens (tertiary/aromatic N) is 1. The van der Waals surface area contributed by atoms with Crippen molar-refractivity contribution in [2.45, 2.75) is 11.1 Å². The summed E-state index contributed by atoms with van der Waals surface area (Å²) in [7, 11) is -4.29. The zero-order chi connectivity index (χ0) is 17.8. The SMILES string of the molecule is O=C(Nc1ccc(S(=O)(=O)NCC(F)(F)F)cc1)c1ccccn1. The van der Waals surface area contributed by atoms with Gasteiger partial charge in [0.2, 0.25) is 10.0 Å². The predicted octanol–water partition coefficient (Wildman–Crippen LogP) is 2.17. The molecule has 0 fully saturated rings. The molecule has 0 aliphatic carbocycles. The Morgan fingerprint density at radius 3 is 2.29 bits per heavy atom. The number of hydrogen-bond donors (Lipinski definition) is 2. The van der Waals surface area contributed by atoms with E-state index in [9.17, 15) is 26.4 Å². The van der Waals surface area contributed by atoms with Crippen molar-refractivity contribution in [3.05, 3.63) is 54.4 Å². The zero-order valence-corrected chi connectivity index (χ0v) is 12.9. The number of nitrogens with one attached hydrogen (secondary N) is 2. The number of halogens is 3. The van der Waals surface area contributed by atoms with Crippen LogP contribution in [-0.2, 0) is 10.0 Å². The molecule has 0 aliphatic heterocycles. The lowest BCUT2D eigenvalue weighted by atomic mass is 10.3. The Bertz CT molecular complexity index is 807. The molecule has 24 heavy (non-hydrogen) atoms. The van der Waals surface area contributed by atoms with Crippen LogP contribution in [0.4, 0.5) is 18.9 Å². The summed E-state index contributed by atoms with van der Waals surface area (Å²) in [4.78, 5) is 15.4. The van der Waals surface area contributed by atoms with E-state index < -0.39 is 28.7 Å². The molecule has 6 nitrogen and oxygen atoms in total. The van der Waals surface area contributed by atoms with Gasteiger partial charge < -0.3 is 5.32 Å². The fraction of sp³-hybridized carbons (Fsp3) is 0.143. The first-order chi connectivity index (χ1) is 11.2. The van der Waals surface area contributed by atoms with Gasteiger partial charge in [0.15, 0.2) is 0 Å². The van der Waals surface area contributed by atoms with Crippen LogP contribution in [0.25, 0.3) is 0 Å². The average molecular weight is 359 g/mol. The van der Waals surface area contributed by atoms with E-state index in [1.165, 1.54) is 29.1 Å². The number of sulfonamides is 1. The number of hydrogen-bond acceptors (Lipinski definition) is 4. The number of benzene rings is 1. The molecule has 0 spiro atoms. The van der Waals surface area contributed by atoms with Gasteiger partial charge in [-0.2, -0.15) is 13.2 Å². The third-order valence-electron chi connectivity index (χ3n) is 2.78. The lowest BCUT2D eigenvalue weighted by molar-refractivity contribution is -0.121. The second-order valence-electron chi connectivity index (χ2n) is 4.63. The minimum absolute atomic E-state index is 0.168. The maximum Gasteiger partial charge on any atom is 0.402 e. The monoisotopic (exact) mass is 359 g/mol. The summed E-state index contributed by atoms with van der Waals surface area (Å²) in [5, 5.41) is 2.50. The van der Waals surface area contributed by atoms with E-state index in [2.05, 4.69) is 10.3 Å². The van der Waals surface area contributed by atoms with Crippen molar-refractivity contribution >= 4 is 21.6 Å². The van der Waals surface area contributed by atoms with E-state index in [0.29, 0.717) is 0 Å². The van der Waals surface area contributed by atoms with E-state index in [4.69, 9.17) is 0 Å². The number of carbonyl (C=O) groups excluding carboxylic acids is 1. The van der Waals surface area contributed by atoms with E-state index in [0.717, 1.165) is 12.1 Å². The summed E-state index contributed by atoms with van der Waals surface area (Å²) in [5.41, 5.74) is 0.446. The Morgan fingerprint density at radius 2 is 1.75 bits per heavy atom. The van der Waals surface area contributed by atoms with Crippen LogP contribution in [0.15, 0.2) is 53.6 Å². The quantitative estimate of drug-likeness (QED) is 0.856. The first-order valence-electron chi connectivity index (χ1n) is 6.56. The lowest BCUT2D eigenvalue weighted by Gasteiger charge is -2.10. The van der Waals surface area contributed by atoms with Crippen molar-refractivity contribution in [2.24, 2.45) is 0 Å². The van der Waals surface area contributed by atoms with Gasteiger partial charge in [-0.25, -0.2) is 13.1 Å². The van der Waals surface area contributed by atoms with Crippen LogP contribution < -0.4 is 10.0 Å². The van der Waals surface area contributed by atoms with Crippen molar-refractivity contribution in [1.29, 1.82) is 0 Å². The maximum absolute atomic E-state index is 12.1. The lowest BCUT2D eigenvalue weighted by Crippen LogP contribution is -2.33. The minimum atomic E-state index is -4.65. The Balaban J connectivity index is 2.06. The van der Waals surface area contributed by atoms with Gasteiger partial charge in [-0.3, -0.25) is 9.78 Å². The summed E-state index contributed by atoms with van der Waals surface area (Å²) < 4.78 is 61.2. The molecule has 0 aliphatic rings. The third-order valence-corrected chi connectivity index (χ3v) is 4.20. The normalized spacial score (nSPS) is 12.0. The Hall–Kier alpha value is -2.46. The molecule has 0 radical (unpaired) electrons. The fourth-order valence-electron chi connectivity index (χ4n) is 1.67. The summed E-state index contributed by atoms with van der Waals surface area (Å²) in [5.74, 6) is -0.499. The minimum Gasteiger partial charge on any atom is -0.321 e. The highest BCUT2D eigenvalue weighted by Crippen LogP contribution is 2.17. The molecule has 1 aromatic carbocycles. The van der Waals surface area contributed by atoms with Crippen molar-refractivity contribution in [3.63, 3.8) is 0 Å². The summed E-state index contributed by atoms with van der Waals surface area (Å²) in [6.45, 7) is -1.66. The highest BCUT2D eigenvalue weighted by atomic mass is 32.2. The second kappa shape index (κ2) is 6.97. The van der Waals surface area contributed by atoms with Gasteiger partial charge in [0.25, 0.3) is 5.91 Å². The highest BCUT2D eigenvalue weighted by Gasteiger charge is 2.30. The van der Waals surface area contributed by atoms with Crippen molar-refractivity contribution in [3.8, 4) is 0 Å².